The Kier molecular flexibility index (Phi) is 2.53. The van der Waals surface area contributed by atoms with E-state index >= 15 is 0 Å². The van der Waals surface area contributed by atoms with Crippen LogP contribution in [0.15, 0.2) is 0 Å². The van der Waals surface area contributed by atoms with Crippen LogP contribution in [0.2, 0.25) is 0 Å². The summed E-state index contributed by atoms with van der Waals surface area (Å²) in [5.41, 5.74) is 0.125. The van der Waals surface area contributed by atoms with Gasteiger partial charge in [0, 0.05) is 6.92 Å². The first kappa shape index (κ1) is 9.65. The largest absolute Gasteiger partial charge is 1.00 e. The first-order valence-electron chi connectivity index (χ1n) is 2.91. The fourth-order valence-electron chi connectivity index (χ4n) is 0.492. The maximum atomic E-state index is 5.23. The summed E-state index contributed by atoms with van der Waals surface area (Å²) in [5, 5.41) is 0. The minimum Gasteiger partial charge on any atom is -1.00 e. The van der Waals surface area contributed by atoms with E-state index in [9.17, 15) is 0 Å². The summed E-state index contributed by atoms with van der Waals surface area (Å²) in [6, 6.07) is 0. The molecule has 0 aromatic rings. The molecule has 0 aliphatic carbocycles. The molecule has 0 spiro atoms. The zero-order chi connectivity index (χ0) is 6.41. The van der Waals surface area contributed by atoms with E-state index in [0.29, 0.717) is 0 Å². The van der Waals surface area contributed by atoms with Crippen LogP contribution in [0, 0.1) is 0 Å². The predicted molar refractivity (Wildman–Crippen MR) is 32.4 cm³/mol. The number of hydrogen-bond donors (Lipinski definition) is 0. The van der Waals surface area contributed by atoms with Crippen molar-refractivity contribution in [1.29, 1.82) is 0 Å². The fourth-order valence-corrected chi connectivity index (χ4v) is 0.492. The van der Waals surface area contributed by atoms with E-state index in [1.54, 1.807) is 0 Å². The number of quaternary nitrogens is 1. The molecule has 1 saturated heterocycles. The molecule has 0 saturated carbocycles. The van der Waals surface area contributed by atoms with E-state index < -0.39 is 0 Å². The van der Waals surface area contributed by atoms with Gasteiger partial charge in [-0.1, -0.05) is 0 Å². The molecule has 1 unspecified atom stereocenters. The molecular formula is C6H14INO. The Morgan fingerprint density at radius 2 is 1.67 bits per heavy atom. The van der Waals surface area contributed by atoms with E-state index in [1.807, 2.05) is 0 Å². The van der Waals surface area contributed by atoms with Gasteiger partial charge in [-0.05, 0) is 0 Å². The summed E-state index contributed by atoms with van der Waals surface area (Å²) in [5.74, 6) is 0. The van der Waals surface area contributed by atoms with E-state index in [4.69, 9.17) is 4.74 Å². The lowest BCUT2D eigenvalue weighted by Crippen LogP contribution is -3.00. The highest BCUT2D eigenvalue weighted by molar-refractivity contribution is 4.74. The minimum absolute atomic E-state index is 0. The normalized spacial score (nSPS) is 33.3. The first-order chi connectivity index (χ1) is 3.46. The van der Waals surface area contributed by atoms with Gasteiger partial charge in [0.2, 0.25) is 5.72 Å². The average molecular weight is 243 g/mol. The molecule has 2 nitrogen and oxygen atoms in total. The van der Waals surface area contributed by atoms with Crippen molar-refractivity contribution < 1.29 is 33.2 Å². The summed E-state index contributed by atoms with van der Waals surface area (Å²) in [4.78, 5) is 0. The number of halogens is 1. The first-order valence-corrected chi connectivity index (χ1v) is 2.91. The van der Waals surface area contributed by atoms with Gasteiger partial charge in [0.15, 0.2) is 0 Å². The number of likely N-dealkylation sites (N-methyl/N-ethyl adjacent to an activating group) is 1. The van der Waals surface area contributed by atoms with Crippen LogP contribution in [0.3, 0.4) is 0 Å². The van der Waals surface area contributed by atoms with Crippen LogP contribution in [0.1, 0.15) is 6.92 Å². The van der Waals surface area contributed by atoms with E-state index in [2.05, 4.69) is 28.1 Å². The smallest absolute Gasteiger partial charge is 0.224 e. The summed E-state index contributed by atoms with van der Waals surface area (Å²) in [7, 11) is 6.44. The second-order valence-electron chi connectivity index (χ2n) is 3.48. The topological polar surface area (TPSA) is 12.5 Å². The van der Waals surface area contributed by atoms with Gasteiger partial charge < -0.3 is 33.2 Å². The van der Waals surface area contributed by atoms with Crippen LogP contribution in [0.4, 0.5) is 0 Å². The Labute approximate surface area is 73.8 Å². The maximum Gasteiger partial charge on any atom is 0.224 e. The summed E-state index contributed by atoms with van der Waals surface area (Å²) < 4.78 is 6.14. The Morgan fingerprint density at radius 3 is 1.67 bits per heavy atom. The lowest BCUT2D eigenvalue weighted by atomic mass is 10.3. The van der Waals surface area contributed by atoms with E-state index in [0.717, 1.165) is 11.1 Å². The van der Waals surface area contributed by atoms with E-state index in [-0.39, 0.29) is 29.7 Å². The third-order valence-corrected chi connectivity index (χ3v) is 1.98. The Bertz CT molecular complexity index is 101. The van der Waals surface area contributed by atoms with Crippen molar-refractivity contribution in [2.24, 2.45) is 0 Å². The molecule has 0 N–H and O–H groups in total. The molecule has 1 aliphatic heterocycles. The molecule has 0 aromatic heterocycles. The Morgan fingerprint density at radius 1 is 1.33 bits per heavy atom. The van der Waals surface area contributed by atoms with Crippen molar-refractivity contribution in [1.82, 2.24) is 0 Å². The minimum atomic E-state index is 0. The predicted octanol–water partition coefficient (Wildman–Crippen LogP) is -2.56. The molecule has 1 fully saturated rings. The molecular weight excluding hydrogens is 229 g/mol. The maximum absolute atomic E-state index is 5.23. The highest BCUT2D eigenvalue weighted by Crippen LogP contribution is 2.32. The fraction of sp³-hybridized carbons (Fsp3) is 1.00. The van der Waals surface area contributed by atoms with Crippen LogP contribution < -0.4 is 24.0 Å². The van der Waals surface area contributed by atoms with Crippen molar-refractivity contribution in [3.05, 3.63) is 0 Å². The number of epoxide rings is 1. The van der Waals surface area contributed by atoms with Gasteiger partial charge in [0.25, 0.3) is 0 Å². The zero-order valence-electron chi connectivity index (χ0n) is 6.44. The van der Waals surface area contributed by atoms with Gasteiger partial charge in [-0.2, -0.15) is 0 Å². The molecule has 1 atom stereocenters. The molecule has 1 heterocycles. The second kappa shape index (κ2) is 2.36. The van der Waals surface area contributed by atoms with Crippen LogP contribution in [-0.2, 0) is 4.74 Å². The third-order valence-electron chi connectivity index (χ3n) is 1.98. The monoisotopic (exact) mass is 243 g/mol. The van der Waals surface area contributed by atoms with E-state index in [1.165, 1.54) is 0 Å². The summed E-state index contributed by atoms with van der Waals surface area (Å²) in [6.07, 6.45) is 0. The van der Waals surface area contributed by atoms with Gasteiger partial charge in [-0.15, -0.1) is 0 Å². The van der Waals surface area contributed by atoms with Crippen molar-refractivity contribution in [2.75, 3.05) is 27.7 Å². The van der Waals surface area contributed by atoms with Crippen molar-refractivity contribution in [2.45, 2.75) is 12.6 Å². The number of rotatable bonds is 1. The number of hydrogen-bond acceptors (Lipinski definition) is 1. The molecule has 3 heteroatoms. The number of ether oxygens (including phenoxy) is 1. The molecule has 0 bridgehead atoms. The number of nitrogens with zero attached hydrogens (tertiary/aromatic N) is 1. The van der Waals surface area contributed by atoms with Crippen molar-refractivity contribution >= 4 is 0 Å². The second-order valence-corrected chi connectivity index (χ2v) is 3.48. The quantitative estimate of drug-likeness (QED) is 0.280. The van der Waals surface area contributed by atoms with Crippen LogP contribution >= 0.6 is 0 Å². The lowest BCUT2D eigenvalue weighted by molar-refractivity contribution is -0.916. The molecule has 1 rings (SSSR count). The third kappa shape index (κ3) is 1.78. The highest BCUT2D eigenvalue weighted by Gasteiger charge is 2.52. The van der Waals surface area contributed by atoms with Gasteiger partial charge in [-0.3, -0.25) is 0 Å². The molecule has 0 amide bonds. The van der Waals surface area contributed by atoms with Gasteiger partial charge in [-0.25, -0.2) is 0 Å². The molecule has 0 aromatic carbocycles. The Balaban J connectivity index is 0.000000640. The Hall–Kier alpha value is 0.650. The summed E-state index contributed by atoms with van der Waals surface area (Å²) in [6.45, 7) is 3.05. The van der Waals surface area contributed by atoms with Crippen molar-refractivity contribution in [3.8, 4) is 0 Å². The van der Waals surface area contributed by atoms with Gasteiger partial charge in [0.1, 0.15) is 6.61 Å². The zero-order valence-corrected chi connectivity index (χ0v) is 8.60. The van der Waals surface area contributed by atoms with Crippen LogP contribution in [-0.4, -0.2) is 38.0 Å². The standard InChI is InChI=1S/C6H14NO.HI/c1-6(5-8-6)7(2,3)4;/h5H2,1-4H3;1H/q+1;/p-1. The van der Waals surface area contributed by atoms with Gasteiger partial charge in [0.05, 0.1) is 21.1 Å². The van der Waals surface area contributed by atoms with Crippen LogP contribution in [0.5, 0.6) is 0 Å². The lowest BCUT2D eigenvalue weighted by Gasteiger charge is -2.28. The molecule has 0 radical (unpaired) electrons. The highest BCUT2D eigenvalue weighted by atomic mass is 127. The molecule has 1 aliphatic rings. The summed E-state index contributed by atoms with van der Waals surface area (Å²) >= 11 is 0. The average Bonchev–Trinajstić information content (AvgIpc) is 2.16. The molecule has 56 valence electrons. The SMILES string of the molecule is CC1([N+](C)(C)C)CO1.[I-]. The van der Waals surface area contributed by atoms with Gasteiger partial charge >= 0.3 is 0 Å². The molecule has 9 heavy (non-hydrogen) atoms. The van der Waals surface area contributed by atoms with Crippen LogP contribution in [0.25, 0.3) is 0 Å². The van der Waals surface area contributed by atoms with Crippen molar-refractivity contribution in [3.63, 3.8) is 0 Å².